The lowest BCUT2D eigenvalue weighted by atomic mass is 10.2. The highest BCUT2D eigenvalue weighted by atomic mass is 16.5. The first-order chi connectivity index (χ1) is 5.75. The summed E-state index contributed by atoms with van der Waals surface area (Å²) in [5.74, 6) is 0.819. The highest BCUT2D eigenvalue weighted by Crippen LogP contribution is 2.14. The van der Waals surface area contributed by atoms with E-state index in [0.717, 1.165) is 6.42 Å². The number of nitrogens with one attached hydrogen (secondary N) is 1. The van der Waals surface area contributed by atoms with Gasteiger partial charge in [0.1, 0.15) is 12.6 Å². The van der Waals surface area contributed by atoms with Gasteiger partial charge in [-0.25, -0.2) is 4.99 Å². The van der Waals surface area contributed by atoms with E-state index in [1.807, 2.05) is 6.92 Å². The first-order valence-electron chi connectivity index (χ1n) is 4.25. The number of carbonyl (C=O) groups excluding carboxylic acids is 1. The Bertz CT molecular complexity index is 237. The van der Waals surface area contributed by atoms with Crippen LogP contribution in [0.2, 0.25) is 0 Å². The molecule has 0 aromatic heterocycles. The molecule has 0 radical (unpaired) electrons. The average molecular weight is 168 g/mol. The molecule has 0 spiro atoms. The molecule has 4 heteroatoms. The first-order valence-corrected chi connectivity index (χ1v) is 4.25. The number of amides is 1. The zero-order chi connectivity index (χ0) is 8.55. The molecule has 2 heterocycles. The fourth-order valence-corrected chi connectivity index (χ4v) is 1.49. The molecular formula is C8H12N2O2. The molecule has 1 amide bonds. The third-order valence-corrected chi connectivity index (χ3v) is 2.11. The number of hydrogen-bond acceptors (Lipinski definition) is 3. The van der Waals surface area contributed by atoms with Crippen LogP contribution in [-0.4, -0.2) is 30.5 Å². The van der Waals surface area contributed by atoms with Crippen molar-refractivity contribution in [2.45, 2.75) is 31.8 Å². The van der Waals surface area contributed by atoms with Gasteiger partial charge in [0.15, 0.2) is 0 Å². The van der Waals surface area contributed by atoms with Crippen LogP contribution in [0.4, 0.5) is 0 Å². The largest absolute Gasteiger partial charge is 0.477 e. The third-order valence-electron chi connectivity index (χ3n) is 2.11. The Balaban J connectivity index is 2.01. The van der Waals surface area contributed by atoms with E-state index in [2.05, 4.69) is 10.3 Å². The van der Waals surface area contributed by atoms with Gasteiger partial charge in [-0.15, -0.1) is 0 Å². The van der Waals surface area contributed by atoms with Gasteiger partial charge >= 0.3 is 0 Å². The summed E-state index contributed by atoms with van der Waals surface area (Å²) < 4.78 is 5.33. The summed E-state index contributed by atoms with van der Waals surface area (Å²) in [6.45, 7) is 2.66. The molecule has 4 nitrogen and oxygen atoms in total. The molecule has 0 saturated carbocycles. The van der Waals surface area contributed by atoms with Crippen LogP contribution >= 0.6 is 0 Å². The van der Waals surface area contributed by atoms with Crippen LogP contribution < -0.4 is 5.32 Å². The van der Waals surface area contributed by atoms with Gasteiger partial charge in [0.25, 0.3) is 0 Å². The Morgan fingerprint density at radius 3 is 3.00 bits per heavy atom. The highest BCUT2D eigenvalue weighted by molar-refractivity contribution is 5.91. The quantitative estimate of drug-likeness (QED) is 0.603. The minimum atomic E-state index is 0.0439. The van der Waals surface area contributed by atoms with Crippen LogP contribution in [0.25, 0.3) is 0 Å². The topological polar surface area (TPSA) is 50.7 Å². The maximum absolute atomic E-state index is 10.9. The Hall–Kier alpha value is -1.06. The molecule has 2 atom stereocenters. The summed E-state index contributed by atoms with van der Waals surface area (Å²) in [7, 11) is 0. The van der Waals surface area contributed by atoms with Crippen molar-refractivity contribution in [1.29, 1.82) is 0 Å². The molecule has 0 aromatic carbocycles. The second-order valence-corrected chi connectivity index (χ2v) is 3.29. The molecule has 2 aliphatic rings. The molecule has 1 saturated heterocycles. The zero-order valence-corrected chi connectivity index (χ0v) is 7.04. The van der Waals surface area contributed by atoms with Gasteiger partial charge in [-0.3, -0.25) is 4.79 Å². The fraction of sp³-hybridized carbons (Fsp3) is 0.750. The lowest BCUT2D eigenvalue weighted by Gasteiger charge is -2.08. The number of hydrogen-bond donors (Lipinski definition) is 1. The van der Waals surface area contributed by atoms with Crippen LogP contribution in [0.5, 0.6) is 0 Å². The normalized spacial score (nSPS) is 34.4. The number of carbonyl (C=O) groups is 1. The molecule has 0 bridgehead atoms. The van der Waals surface area contributed by atoms with Crippen molar-refractivity contribution in [2.75, 3.05) is 6.61 Å². The maximum Gasteiger partial charge on any atom is 0.220 e. The van der Waals surface area contributed by atoms with Gasteiger partial charge < -0.3 is 10.1 Å². The number of ether oxygens (including phenoxy) is 1. The molecule has 2 rings (SSSR count). The second-order valence-electron chi connectivity index (χ2n) is 3.29. The molecule has 0 aromatic rings. The third kappa shape index (κ3) is 1.29. The maximum atomic E-state index is 10.9. The zero-order valence-electron chi connectivity index (χ0n) is 7.04. The average Bonchev–Trinajstić information content (AvgIpc) is 2.58. The van der Waals surface area contributed by atoms with Gasteiger partial charge in [-0.2, -0.15) is 0 Å². The monoisotopic (exact) mass is 168 g/mol. The summed E-state index contributed by atoms with van der Waals surface area (Å²) in [6, 6.07) is 0.292. The van der Waals surface area contributed by atoms with Crippen molar-refractivity contribution in [3.63, 3.8) is 0 Å². The Kier molecular flexibility index (Phi) is 1.75. The SMILES string of the molecule is CC1COC(C2CCC(=O)N2)=N1. The highest BCUT2D eigenvalue weighted by Gasteiger charge is 2.29. The van der Waals surface area contributed by atoms with E-state index in [1.165, 1.54) is 0 Å². The molecule has 2 unspecified atom stereocenters. The van der Waals surface area contributed by atoms with E-state index in [9.17, 15) is 4.79 Å². The summed E-state index contributed by atoms with van der Waals surface area (Å²) in [5.41, 5.74) is 0. The predicted molar refractivity (Wildman–Crippen MR) is 44.0 cm³/mol. The summed E-state index contributed by atoms with van der Waals surface area (Å²) in [6.07, 6.45) is 1.42. The molecule has 2 aliphatic heterocycles. The molecule has 66 valence electrons. The Morgan fingerprint density at radius 2 is 2.50 bits per heavy atom. The van der Waals surface area contributed by atoms with Crippen LogP contribution in [0.15, 0.2) is 4.99 Å². The summed E-state index contributed by atoms with van der Waals surface area (Å²) in [4.78, 5) is 15.2. The van der Waals surface area contributed by atoms with Crippen molar-refractivity contribution >= 4 is 11.8 Å². The van der Waals surface area contributed by atoms with Crippen LogP contribution in [-0.2, 0) is 9.53 Å². The van der Waals surface area contributed by atoms with Crippen molar-refractivity contribution in [2.24, 2.45) is 4.99 Å². The van der Waals surface area contributed by atoms with Gasteiger partial charge in [0, 0.05) is 6.42 Å². The van der Waals surface area contributed by atoms with Crippen LogP contribution in [0.3, 0.4) is 0 Å². The van der Waals surface area contributed by atoms with Crippen molar-refractivity contribution in [1.82, 2.24) is 5.32 Å². The minimum Gasteiger partial charge on any atom is -0.477 e. The fourth-order valence-electron chi connectivity index (χ4n) is 1.49. The van der Waals surface area contributed by atoms with E-state index in [-0.39, 0.29) is 18.0 Å². The smallest absolute Gasteiger partial charge is 0.220 e. The number of rotatable bonds is 1. The lowest BCUT2D eigenvalue weighted by Crippen LogP contribution is -2.33. The van der Waals surface area contributed by atoms with Crippen molar-refractivity contribution in [3.05, 3.63) is 0 Å². The first kappa shape index (κ1) is 7.58. The van der Waals surface area contributed by atoms with E-state index >= 15 is 0 Å². The number of aliphatic imine (C=N–C) groups is 1. The lowest BCUT2D eigenvalue weighted by molar-refractivity contribution is -0.119. The molecule has 1 fully saturated rings. The second kappa shape index (κ2) is 2.77. The summed E-state index contributed by atoms with van der Waals surface area (Å²) >= 11 is 0. The van der Waals surface area contributed by atoms with E-state index in [0.29, 0.717) is 18.9 Å². The predicted octanol–water partition coefficient (Wildman–Crippen LogP) is 0.0822. The molecule has 0 aliphatic carbocycles. The number of nitrogens with zero attached hydrogens (tertiary/aromatic N) is 1. The van der Waals surface area contributed by atoms with Crippen molar-refractivity contribution in [3.8, 4) is 0 Å². The van der Waals surface area contributed by atoms with E-state index in [1.54, 1.807) is 0 Å². The van der Waals surface area contributed by atoms with Gasteiger partial charge in [0.05, 0.1) is 6.04 Å². The van der Waals surface area contributed by atoms with Crippen LogP contribution in [0, 0.1) is 0 Å². The summed E-state index contributed by atoms with van der Waals surface area (Å²) in [5, 5.41) is 2.82. The minimum absolute atomic E-state index is 0.0439. The van der Waals surface area contributed by atoms with Gasteiger partial charge in [-0.1, -0.05) is 0 Å². The molecular weight excluding hydrogens is 156 g/mol. The standard InChI is InChI=1S/C8H12N2O2/c1-5-4-12-8(9-5)6-2-3-7(11)10-6/h5-6H,2-4H2,1H3,(H,10,11). The van der Waals surface area contributed by atoms with Gasteiger partial charge in [-0.05, 0) is 13.3 Å². The van der Waals surface area contributed by atoms with Crippen molar-refractivity contribution < 1.29 is 9.53 Å². The molecule has 12 heavy (non-hydrogen) atoms. The Labute approximate surface area is 71.0 Å². The Morgan fingerprint density at radius 1 is 1.67 bits per heavy atom. The van der Waals surface area contributed by atoms with E-state index < -0.39 is 0 Å². The molecule has 1 N–H and O–H groups in total. The van der Waals surface area contributed by atoms with Gasteiger partial charge in [0.2, 0.25) is 11.8 Å². The van der Waals surface area contributed by atoms with Crippen LogP contribution in [0.1, 0.15) is 19.8 Å². The van der Waals surface area contributed by atoms with E-state index in [4.69, 9.17) is 4.74 Å².